The summed E-state index contributed by atoms with van der Waals surface area (Å²) in [6, 6.07) is 12.1. The lowest BCUT2D eigenvalue weighted by Crippen LogP contribution is -2.31. The molecule has 0 fully saturated rings. The van der Waals surface area contributed by atoms with E-state index in [1.807, 2.05) is 6.07 Å². The normalized spacial score (nSPS) is 11.5. The Morgan fingerprint density at radius 3 is 2.34 bits per heavy atom. The third-order valence-electron chi connectivity index (χ3n) is 4.74. The predicted molar refractivity (Wildman–Crippen MR) is 122 cm³/mol. The molecular weight excluding hydrogens is 453 g/mol. The van der Waals surface area contributed by atoms with E-state index in [9.17, 15) is 22.4 Å². The molecule has 10 heteroatoms. The topological polar surface area (TPSA) is 96.4 Å². The number of nitrogens with zero attached hydrogens (tertiary/aromatic N) is 2. The third-order valence-corrected chi connectivity index (χ3v) is 7.86. The number of nitrogens with one attached hydrogen (secondary N) is 1. The number of amides is 1. The molecule has 0 atom stereocenters. The monoisotopic (exact) mass is 475 g/mol. The van der Waals surface area contributed by atoms with Gasteiger partial charge in [0.05, 0.1) is 21.0 Å². The predicted octanol–water partition coefficient (Wildman–Crippen LogP) is 4.43. The van der Waals surface area contributed by atoms with Crippen LogP contribution in [0.15, 0.2) is 53.4 Å². The number of anilines is 1. The van der Waals surface area contributed by atoms with Crippen LogP contribution in [-0.4, -0.2) is 42.5 Å². The fraction of sp³-hybridized carbons (Fsp3) is 0.227. The number of aromatic nitrogens is 1. The van der Waals surface area contributed by atoms with Crippen molar-refractivity contribution in [2.24, 2.45) is 0 Å². The van der Waals surface area contributed by atoms with Gasteiger partial charge in [-0.1, -0.05) is 55.5 Å². The number of halogens is 1. The lowest BCUT2D eigenvalue weighted by molar-refractivity contribution is 0.101. The van der Waals surface area contributed by atoms with Crippen LogP contribution in [0.1, 0.15) is 40.8 Å². The number of hydrogen-bond donors (Lipinski definition) is 1. The summed E-state index contributed by atoms with van der Waals surface area (Å²) < 4.78 is 41.1. The minimum atomic E-state index is -3.87. The zero-order valence-electron chi connectivity index (χ0n) is 17.8. The quantitative estimate of drug-likeness (QED) is 0.486. The Morgan fingerprint density at radius 2 is 1.75 bits per heavy atom. The molecule has 0 saturated heterocycles. The lowest BCUT2D eigenvalue weighted by Gasteiger charge is -2.18. The molecule has 0 unspecified atom stereocenters. The van der Waals surface area contributed by atoms with Gasteiger partial charge >= 0.3 is 0 Å². The summed E-state index contributed by atoms with van der Waals surface area (Å²) in [7, 11) is -3.87. The van der Waals surface area contributed by atoms with Gasteiger partial charge in [0.2, 0.25) is 10.0 Å². The zero-order valence-corrected chi connectivity index (χ0v) is 19.4. The maximum absolute atomic E-state index is 14.4. The van der Waals surface area contributed by atoms with Gasteiger partial charge in [0, 0.05) is 25.6 Å². The molecule has 0 bridgehead atoms. The minimum absolute atomic E-state index is 0.107. The fourth-order valence-electron chi connectivity index (χ4n) is 3.12. The SMILES string of the molecule is CCN(CC)S(=O)(=O)c1ccc(F)c(C(=O)Nc2nc(-c3ccccc3)c(C(C)=O)s2)c1. The van der Waals surface area contributed by atoms with Crippen molar-refractivity contribution in [2.45, 2.75) is 25.7 Å². The van der Waals surface area contributed by atoms with Crippen molar-refractivity contribution in [1.82, 2.24) is 9.29 Å². The van der Waals surface area contributed by atoms with Crippen LogP contribution in [-0.2, 0) is 10.0 Å². The van der Waals surface area contributed by atoms with Crippen molar-refractivity contribution < 1.29 is 22.4 Å². The Labute approximate surface area is 190 Å². The number of rotatable bonds is 8. The van der Waals surface area contributed by atoms with Crippen LogP contribution in [0.3, 0.4) is 0 Å². The molecule has 1 heterocycles. The number of carbonyl (C=O) groups excluding carboxylic acids is 2. The highest BCUT2D eigenvalue weighted by Crippen LogP contribution is 2.32. The van der Waals surface area contributed by atoms with Gasteiger partial charge in [-0.15, -0.1) is 0 Å². The van der Waals surface area contributed by atoms with Crippen LogP contribution >= 0.6 is 11.3 Å². The van der Waals surface area contributed by atoms with Gasteiger partial charge in [-0.25, -0.2) is 17.8 Å². The molecule has 0 radical (unpaired) electrons. The summed E-state index contributed by atoms with van der Waals surface area (Å²) in [5.41, 5.74) is 0.684. The zero-order chi connectivity index (χ0) is 23.5. The highest BCUT2D eigenvalue weighted by Gasteiger charge is 2.25. The number of Topliss-reactive ketones (excluding diaryl/α,β-unsaturated/α-hetero) is 1. The van der Waals surface area contributed by atoms with Gasteiger partial charge in [0.25, 0.3) is 5.91 Å². The van der Waals surface area contributed by atoms with Gasteiger partial charge in [0.1, 0.15) is 5.82 Å². The summed E-state index contributed by atoms with van der Waals surface area (Å²) in [4.78, 5) is 29.3. The lowest BCUT2D eigenvalue weighted by atomic mass is 10.1. The largest absolute Gasteiger partial charge is 0.298 e. The van der Waals surface area contributed by atoms with Gasteiger partial charge in [-0.05, 0) is 18.2 Å². The summed E-state index contributed by atoms with van der Waals surface area (Å²) in [5.74, 6) is -1.95. The van der Waals surface area contributed by atoms with E-state index in [1.165, 1.54) is 11.2 Å². The van der Waals surface area contributed by atoms with E-state index < -0.39 is 27.3 Å². The van der Waals surface area contributed by atoms with Crippen molar-refractivity contribution in [3.8, 4) is 11.3 Å². The van der Waals surface area contributed by atoms with E-state index in [0.717, 1.165) is 29.5 Å². The maximum Gasteiger partial charge on any atom is 0.260 e. The highest BCUT2D eigenvalue weighted by molar-refractivity contribution is 7.89. The molecule has 1 N–H and O–H groups in total. The van der Waals surface area contributed by atoms with Gasteiger partial charge in [-0.3, -0.25) is 14.9 Å². The first-order valence-electron chi connectivity index (χ1n) is 9.87. The fourth-order valence-corrected chi connectivity index (χ4v) is 5.48. The van der Waals surface area contributed by atoms with Crippen LogP contribution < -0.4 is 5.32 Å². The van der Waals surface area contributed by atoms with Crippen molar-refractivity contribution in [2.75, 3.05) is 18.4 Å². The Morgan fingerprint density at radius 1 is 1.09 bits per heavy atom. The smallest absolute Gasteiger partial charge is 0.260 e. The highest BCUT2D eigenvalue weighted by atomic mass is 32.2. The molecule has 0 aliphatic heterocycles. The van der Waals surface area contributed by atoms with Crippen LogP contribution in [0.25, 0.3) is 11.3 Å². The van der Waals surface area contributed by atoms with Crippen LogP contribution in [0.2, 0.25) is 0 Å². The molecule has 0 saturated carbocycles. The van der Waals surface area contributed by atoms with Gasteiger partial charge in [0.15, 0.2) is 10.9 Å². The molecule has 3 aromatic rings. The first-order chi connectivity index (χ1) is 15.2. The second-order valence-corrected chi connectivity index (χ2v) is 9.74. The number of sulfonamides is 1. The molecular formula is C22H22FN3O4S2. The van der Waals surface area contributed by atoms with E-state index in [-0.39, 0.29) is 28.9 Å². The van der Waals surface area contributed by atoms with E-state index in [2.05, 4.69) is 10.3 Å². The molecule has 32 heavy (non-hydrogen) atoms. The Balaban J connectivity index is 1.95. The Bertz CT molecular complexity index is 1250. The van der Waals surface area contributed by atoms with Crippen molar-refractivity contribution in [1.29, 1.82) is 0 Å². The third kappa shape index (κ3) is 4.77. The second-order valence-electron chi connectivity index (χ2n) is 6.80. The molecule has 0 aliphatic carbocycles. The number of hydrogen-bond acceptors (Lipinski definition) is 6. The van der Waals surface area contributed by atoms with Crippen molar-refractivity contribution >= 4 is 38.2 Å². The Kier molecular flexibility index (Phi) is 7.17. The average molecular weight is 476 g/mol. The summed E-state index contributed by atoms with van der Waals surface area (Å²) in [6.45, 7) is 5.27. The molecule has 1 amide bonds. The van der Waals surface area contributed by atoms with Crippen LogP contribution in [0.5, 0.6) is 0 Å². The van der Waals surface area contributed by atoms with E-state index in [0.29, 0.717) is 16.1 Å². The van der Waals surface area contributed by atoms with Gasteiger partial charge < -0.3 is 0 Å². The Hall–Kier alpha value is -2.95. The van der Waals surface area contributed by atoms with Crippen molar-refractivity contribution in [3.05, 3.63) is 64.8 Å². The van der Waals surface area contributed by atoms with Crippen LogP contribution in [0, 0.1) is 5.82 Å². The first-order valence-corrected chi connectivity index (χ1v) is 12.1. The minimum Gasteiger partial charge on any atom is -0.298 e. The number of benzene rings is 2. The molecule has 1 aromatic heterocycles. The van der Waals surface area contributed by atoms with E-state index in [4.69, 9.17) is 0 Å². The number of carbonyl (C=O) groups is 2. The first kappa shape index (κ1) is 23.7. The standard InChI is InChI=1S/C22H22FN3O4S2/c1-4-26(5-2)32(29,30)16-11-12-18(23)17(13-16)21(28)25-22-24-19(20(31-22)14(3)27)15-9-7-6-8-10-15/h6-13H,4-5H2,1-3H3,(H,24,25,28). The number of ketones is 1. The van der Waals surface area contributed by atoms with Crippen molar-refractivity contribution in [3.63, 3.8) is 0 Å². The molecule has 168 valence electrons. The molecule has 7 nitrogen and oxygen atoms in total. The molecule has 0 spiro atoms. The molecule has 3 rings (SSSR count). The van der Waals surface area contributed by atoms with E-state index in [1.54, 1.807) is 38.1 Å². The van der Waals surface area contributed by atoms with Gasteiger partial charge in [-0.2, -0.15) is 4.31 Å². The number of thiazole rings is 1. The van der Waals surface area contributed by atoms with Crippen LogP contribution in [0.4, 0.5) is 9.52 Å². The second kappa shape index (κ2) is 9.68. The van der Waals surface area contributed by atoms with E-state index >= 15 is 0 Å². The average Bonchev–Trinajstić information content (AvgIpc) is 3.19. The molecule has 2 aromatic carbocycles. The summed E-state index contributed by atoms with van der Waals surface area (Å²) in [6.07, 6.45) is 0. The maximum atomic E-state index is 14.4. The summed E-state index contributed by atoms with van der Waals surface area (Å²) in [5, 5.41) is 2.60. The molecule has 0 aliphatic rings. The summed E-state index contributed by atoms with van der Waals surface area (Å²) >= 11 is 0.972.